The normalized spacial score (nSPS) is 26.3. The second-order valence-electron chi connectivity index (χ2n) is 9.17. The Hall–Kier alpha value is -2.11. The van der Waals surface area contributed by atoms with E-state index in [9.17, 15) is 17.9 Å². The molecule has 3 N–H and O–H groups in total. The predicted octanol–water partition coefficient (Wildman–Crippen LogP) is 2.61. The van der Waals surface area contributed by atoms with Crippen molar-refractivity contribution in [2.75, 3.05) is 30.0 Å². The first kappa shape index (κ1) is 23.1. The van der Waals surface area contributed by atoms with Gasteiger partial charge in [0.1, 0.15) is 11.7 Å². The molecular weight excluding hydrogens is 435 g/mol. The van der Waals surface area contributed by atoms with Gasteiger partial charge in [-0.05, 0) is 52.0 Å². The average Bonchev–Trinajstić information content (AvgIpc) is 3.05. The lowest BCUT2D eigenvalue weighted by molar-refractivity contribution is 0.0578. The van der Waals surface area contributed by atoms with Gasteiger partial charge in [0, 0.05) is 30.7 Å². The third-order valence-electron chi connectivity index (χ3n) is 6.49. The van der Waals surface area contributed by atoms with Crippen LogP contribution in [0.5, 0.6) is 0 Å². The van der Waals surface area contributed by atoms with Crippen molar-refractivity contribution in [2.24, 2.45) is 0 Å². The summed E-state index contributed by atoms with van der Waals surface area (Å²) in [4.78, 5) is 13.5. The molecule has 1 aliphatic carbocycles. The highest BCUT2D eigenvalue weighted by Crippen LogP contribution is 2.34. The number of aliphatic hydroxyl groups is 1. The van der Waals surface area contributed by atoms with Crippen LogP contribution in [0.2, 0.25) is 0 Å². The highest BCUT2D eigenvalue weighted by atomic mass is 32.2. The van der Waals surface area contributed by atoms with Crippen LogP contribution in [0.3, 0.4) is 0 Å². The van der Waals surface area contributed by atoms with Gasteiger partial charge in [0.2, 0.25) is 16.0 Å². The summed E-state index contributed by atoms with van der Waals surface area (Å²) in [6.45, 7) is 4.13. The minimum atomic E-state index is -3.18. The van der Waals surface area contributed by atoms with Crippen molar-refractivity contribution in [1.29, 1.82) is 0 Å². The number of rotatable bonds is 6. The number of anilines is 2. The highest BCUT2D eigenvalue weighted by Gasteiger charge is 2.37. The van der Waals surface area contributed by atoms with Crippen LogP contribution in [0.1, 0.15) is 57.8 Å². The highest BCUT2D eigenvalue weighted by molar-refractivity contribution is 7.88. The maximum Gasteiger partial charge on any atom is 0.223 e. The SMILES string of the molecule is CC(F)c1cc2cnc(NC3CCN(S(C)(=O)=O)CC3)nc2c(NC2CCCC2(C)O)n1. The van der Waals surface area contributed by atoms with E-state index in [-0.39, 0.29) is 17.8 Å². The van der Waals surface area contributed by atoms with Gasteiger partial charge in [0.25, 0.3) is 0 Å². The summed E-state index contributed by atoms with van der Waals surface area (Å²) in [5.74, 6) is 0.853. The number of alkyl halides is 1. The van der Waals surface area contributed by atoms with Crippen LogP contribution in [0.4, 0.5) is 16.2 Å². The predicted molar refractivity (Wildman–Crippen MR) is 122 cm³/mol. The van der Waals surface area contributed by atoms with Crippen LogP contribution in [0, 0.1) is 0 Å². The Labute approximate surface area is 187 Å². The van der Waals surface area contributed by atoms with Crippen LogP contribution in [0.15, 0.2) is 12.3 Å². The first-order chi connectivity index (χ1) is 15.0. The lowest BCUT2D eigenvalue weighted by atomic mass is 10.0. The molecule has 3 unspecified atom stereocenters. The van der Waals surface area contributed by atoms with Crippen molar-refractivity contribution in [3.8, 4) is 0 Å². The Morgan fingerprint density at radius 1 is 1.25 bits per heavy atom. The second-order valence-corrected chi connectivity index (χ2v) is 11.2. The van der Waals surface area contributed by atoms with Gasteiger partial charge in [-0.1, -0.05) is 0 Å². The van der Waals surface area contributed by atoms with E-state index in [0.29, 0.717) is 55.0 Å². The molecule has 2 aliphatic rings. The summed E-state index contributed by atoms with van der Waals surface area (Å²) in [6, 6.07) is 1.50. The quantitative estimate of drug-likeness (QED) is 0.594. The van der Waals surface area contributed by atoms with Crippen LogP contribution >= 0.6 is 0 Å². The van der Waals surface area contributed by atoms with Gasteiger partial charge in [-0.3, -0.25) is 0 Å². The summed E-state index contributed by atoms with van der Waals surface area (Å²) < 4.78 is 39.0. The lowest BCUT2D eigenvalue weighted by Crippen LogP contribution is -2.42. The average molecular weight is 467 g/mol. The largest absolute Gasteiger partial charge is 0.388 e. The molecule has 2 aromatic rings. The number of aromatic nitrogens is 3. The van der Waals surface area contributed by atoms with Gasteiger partial charge in [-0.2, -0.15) is 0 Å². The zero-order valence-electron chi connectivity index (χ0n) is 18.7. The topological polar surface area (TPSA) is 120 Å². The molecule has 0 radical (unpaired) electrons. The molecule has 9 nitrogen and oxygen atoms in total. The molecule has 32 heavy (non-hydrogen) atoms. The fourth-order valence-electron chi connectivity index (χ4n) is 4.49. The number of sulfonamides is 1. The first-order valence-corrected chi connectivity index (χ1v) is 12.9. The van der Waals surface area contributed by atoms with E-state index in [1.54, 1.807) is 19.2 Å². The minimum Gasteiger partial charge on any atom is -0.388 e. The maximum absolute atomic E-state index is 14.1. The molecule has 4 rings (SSSR count). The van der Waals surface area contributed by atoms with Gasteiger partial charge in [0.05, 0.1) is 23.6 Å². The summed E-state index contributed by atoms with van der Waals surface area (Å²) in [5, 5.41) is 17.9. The number of nitrogens with one attached hydrogen (secondary N) is 2. The molecule has 0 bridgehead atoms. The number of nitrogens with zero attached hydrogens (tertiary/aromatic N) is 4. The standard InChI is InChI=1S/C21H31FN6O3S/c1-13(22)16-11-14-12-23-20(24-15-6-9-28(10-7-15)32(3,30)31)27-18(14)19(25-16)26-17-5-4-8-21(17,2)29/h11-13,15,17,29H,4-10H2,1-3H3,(H,25,26)(H,23,24,27). The smallest absolute Gasteiger partial charge is 0.223 e. The van der Waals surface area contributed by atoms with Gasteiger partial charge in [-0.15, -0.1) is 0 Å². The minimum absolute atomic E-state index is 0.0514. The summed E-state index contributed by atoms with van der Waals surface area (Å²) in [6.07, 6.45) is 5.31. The van der Waals surface area contributed by atoms with E-state index in [1.165, 1.54) is 17.5 Å². The van der Waals surface area contributed by atoms with Crippen molar-refractivity contribution < 1.29 is 17.9 Å². The molecule has 0 amide bonds. The van der Waals surface area contributed by atoms with Crippen LogP contribution in [-0.2, 0) is 10.0 Å². The Morgan fingerprint density at radius 3 is 2.56 bits per heavy atom. The molecule has 1 saturated heterocycles. The third-order valence-corrected chi connectivity index (χ3v) is 7.79. The Morgan fingerprint density at radius 2 is 1.97 bits per heavy atom. The Bertz CT molecular complexity index is 1090. The van der Waals surface area contributed by atoms with Crippen molar-refractivity contribution in [2.45, 2.75) is 69.8 Å². The van der Waals surface area contributed by atoms with E-state index in [0.717, 1.165) is 12.8 Å². The second kappa shape index (κ2) is 8.68. The van der Waals surface area contributed by atoms with E-state index in [1.807, 2.05) is 0 Å². The molecule has 0 spiro atoms. The number of halogens is 1. The fraction of sp³-hybridized carbons (Fsp3) is 0.667. The van der Waals surface area contributed by atoms with Crippen LogP contribution in [0.25, 0.3) is 10.9 Å². The van der Waals surface area contributed by atoms with E-state index >= 15 is 0 Å². The molecular formula is C21H31FN6O3S. The van der Waals surface area contributed by atoms with Crippen molar-refractivity contribution in [1.82, 2.24) is 19.3 Å². The number of pyridine rings is 1. The number of fused-ring (bicyclic) bond motifs is 1. The first-order valence-electron chi connectivity index (χ1n) is 11.1. The van der Waals surface area contributed by atoms with Gasteiger partial charge < -0.3 is 15.7 Å². The maximum atomic E-state index is 14.1. The van der Waals surface area contributed by atoms with E-state index in [2.05, 4.69) is 25.6 Å². The van der Waals surface area contributed by atoms with Crippen molar-refractivity contribution >= 4 is 32.7 Å². The number of hydrogen-bond acceptors (Lipinski definition) is 8. The van der Waals surface area contributed by atoms with Crippen molar-refractivity contribution in [3.05, 3.63) is 18.0 Å². The van der Waals surface area contributed by atoms with Crippen LogP contribution < -0.4 is 10.6 Å². The summed E-state index contributed by atoms with van der Waals surface area (Å²) >= 11 is 0. The third kappa shape index (κ3) is 4.94. The van der Waals surface area contributed by atoms with E-state index < -0.39 is 21.8 Å². The zero-order chi connectivity index (χ0) is 23.1. The molecule has 2 aromatic heterocycles. The molecule has 0 aromatic carbocycles. The zero-order valence-corrected chi connectivity index (χ0v) is 19.5. The lowest BCUT2D eigenvalue weighted by Gasteiger charge is -2.30. The van der Waals surface area contributed by atoms with E-state index in [4.69, 9.17) is 0 Å². The number of hydrogen-bond donors (Lipinski definition) is 3. The van der Waals surface area contributed by atoms with Crippen LogP contribution in [-0.4, -0.2) is 69.8 Å². The molecule has 1 aliphatic heterocycles. The molecule has 11 heteroatoms. The number of piperidine rings is 1. The molecule has 3 heterocycles. The fourth-order valence-corrected chi connectivity index (χ4v) is 5.36. The van der Waals surface area contributed by atoms with Gasteiger partial charge in [-0.25, -0.2) is 32.1 Å². The molecule has 176 valence electrons. The monoisotopic (exact) mass is 466 g/mol. The van der Waals surface area contributed by atoms with Gasteiger partial charge in [0.15, 0.2) is 5.82 Å². The molecule has 1 saturated carbocycles. The van der Waals surface area contributed by atoms with Crippen molar-refractivity contribution in [3.63, 3.8) is 0 Å². The molecule has 2 fully saturated rings. The van der Waals surface area contributed by atoms with Gasteiger partial charge >= 0.3 is 0 Å². The molecule has 3 atom stereocenters. The Kier molecular flexibility index (Phi) is 6.25. The summed E-state index contributed by atoms with van der Waals surface area (Å²) in [5.41, 5.74) is -0.0224. The summed E-state index contributed by atoms with van der Waals surface area (Å²) in [7, 11) is -3.18. The Balaban J connectivity index is 1.59.